The zero-order chi connectivity index (χ0) is 30.3. The Morgan fingerprint density at radius 3 is 1.93 bits per heavy atom. The Labute approximate surface area is 247 Å². The molecule has 5 nitrogen and oxygen atoms in total. The summed E-state index contributed by atoms with van der Waals surface area (Å²) in [6, 6.07) is 27.3. The number of benzene rings is 3. The SMILES string of the molecule is CC(C)Oc1cc(CC#N)cc(CO[Si](c2ccccc2)(c2ccccc2)C(C)(C)C)c1CCC(=O)OC(C)(C)C. The maximum Gasteiger partial charge on any atom is 0.306 e. The third-order valence-electron chi connectivity index (χ3n) is 6.87. The number of carbonyl (C=O) groups is 1. The lowest BCUT2D eigenvalue weighted by Gasteiger charge is -2.43. The third kappa shape index (κ3) is 8.31. The fraction of sp³-hybridized carbons (Fsp3) is 0.429. The first-order valence-electron chi connectivity index (χ1n) is 14.4. The normalized spacial score (nSPS) is 12.2. The molecule has 218 valence electrons. The Morgan fingerprint density at radius 1 is 0.902 bits per heavy atom. The number of nitriles is 1. The van der Waals surface area contributed by atoms with Crippen molar-refractivity contribution in [3.63, 3.8) is 0 Å². The number of nitrogens with zero attached hydrogens (tertiary/aromatic N) is 1. The van der Waals surface area contributed by atoms with Crippen LogP contribution in [0.3, 0.4) is 0 Å². The van der Waals surface area contributed by atoms with E-state index in [0.717, 1.165) is 16.7 Å². The molecule has 3 aromatic rings. The molecule has 0 aliphatic heterocycles. The molecule has 0 bridgehead atoms. The van der Waals surface area contributed by atoms with Crippen LogP contribution in [0.2, 0.25) is 5.04 Å². The van der Waals surface area contributed by atoms with Crippen LogP contribution in [0.1, 0.15) is 78.5 Å². The highest BCUT2D eigenvalue weighted by Gasteiger charge is 2.50. The van der Waals surface area contributed by atoms with Gasteiger partial charge in [0, 0.05) is 12.0 Å². The zero-order valence-electron chi connectivity index (χ0n) is 25.9. The topological polar surface area (TPSA) is 68.5 Å². The summed E-state index contributed by atoms with van der Waals surface area (Å²) >= 11 is 0. The third-order valence-corrected chi connectivity index (χ3v) is 11.8. The number of esters is 1. The minimum absolute atomic E-state index is 0.0712. The molecule has 0 N–H and O–H groups in total. The van der Waals surface area contributed by atoms with Crippen molar-refractivity contribution in [3.8, 4) is 11.8 Å². The summed E-state index contributed by atoms with van der Waals surface area (Å²) in [7, 11) is -2.81. The average molecular weight is 572 g/mol. The first-order chi connectivity index (χ1) is 19.3. The second kappa shape index (κ2) is 13.5. The molecule has 0 spiro atoms. The molecule has 0 amide bonds. The van der Waals surface area contributed by atoms with Crippen molar-refractivity contribution in [3.05, 3.63) is 89.5 Å². The predicted molar refractivity (Wildman–Crippen MR) is 168 cm³/mol. The highest BCUT2D eigenvalue weighted by Crippen LogP contribution is 2.38. The van der Waals surface area contributed by atoms with E-state index < -0.39 is 13.9 Å². The minimum Gasteiger partial charge on any atom is -0.491 e. The van der Waals surface area contributed by atoms with Gasteiger partial charge >= 0.3 is 5.97 Å². The van der Waals surface area contributed by atoms with Gasteiger partial charge in [-0.2, -0.15) is 5.26 Å². The molecule has 0 aliphatic carbocycles. The van der Waals surface area contributed by atoms with Crippen molar-refractivity contribution in [1.82, 2.24) is 0 Å². The molecule has 3 aromatic carbocycles. The second-order valence-electron chi connectivity index (χ2n) is 12.8. The van der Waals surface area contributed by atoms with Gasteiger partial charge in [-0.1, -0.05) is 87.5 Å². The van der Waals surface area contributed by atoms with E-state index in [9.17, 15) is 10.1 Å². The quantitative estimate of drug-likeness (QED) is 0.185. The first kappa shape index (κ1) is 32.1. The summed E-state index contributed by atoms with van der Waals surface area (Å²) in [5.74, 6) is 0.435. The molecule has 41 heavy (non-hydrogen) atoms. The van der Waals surface area contributed by atoms with Gasteiger partial charge in [0.15, 0.2) is 0 Å². The summed E-state index contributed by atoms with van der Waals surface area (Å²) in [4.78, 5) is 12.7. The van der Waals surface area contributed by atoms with Crippen molar-refractivity contribution in [2.45, 2.75) is 98.0 Å². The summed E-state index contributed by atoms with van der Waals surface area (Å²) in [6.45, 7) is 16.7. The molecule has 0 saturated heterocycles. The predicted octanol–water partition coefficient (Wildman–Crippen LogP) is 6.89. The lowest BCUT2D eigenvalue weighted by Crippen LogP contribution is -2.66. The molecule has 0 unspecified atom stereocenters. The van der Waals surface area contributed by atoms with Crippen LogP contribution in [0.15, 0.2) is 72.8 Å². The molecular formula is C35H45NO4Si. The average Bonchev–Trinajstić information content (AvgIpc) is 2.88. The summed E-state index contributed by atoms with van der Waals surface area (Å²) < 4.78 is 19.1. The highest BCUT2D eigenvalue weighted by molar-refractivity contribution is 6.99. The standard InChI is InChI=1S/C35H45NO4Si/c1-26(2)39-32-24-27(21-22-36)23-28(31(32)19-20-33(37)40-34(3,4)5)25-38-41(35(6,7)8,29-15-11-9-12-16-29)30-17-13-10-14-18-30/h9-18,23-24,26H,19-21,25H2,1-8H3. The van der Waals surface area contributed by atoms with E-state index in [1.54, 1.807) is 0 Å². The van der Waals surface area contributed by atoms with Gasteiger partial charge in [-0.3, -0.25) is 4.79 Å². The molecule has 0 heterocycles. The van der Waals surface area contributed by atoms with Gasteiger partial charge in [0.2, 0.25) is 0 Å². The van der Waals surface area contributed by atoms with Gasteiger partial charge in [0.05, 0.1) is 25.2 Å². The van der Waals surface area contributed by atoms with Gasteiger partial charge in [0.25, 0.3) is 8.32 Å². The van der Waals surface area contributed by atoms with E-state index in [-0.39, 0.29) is 30.0 Å². The van der Waals surface area contributed by atoms with E-state index >= 15 is 0 Å². The smallest absolute Gasteiger partial charge is 0.306 e. The van der Waals surface area contributed by atoms with Crippen molar-refractivity contribution >= 4 is 24.7 Å². The second-order valence-corrected chi connectivity index (χ2v) is 17.1. The summed E-state index contributed by atoms with van der Waals surface area (Å²) in [5.41, 5.74) is 2.17. The Balaban J connectivity index is 2.14. The molecule has 3 rings (SSSR count). The van der Waals surface area contributed by atoms with Crippen LogP contribution < -0.4 is 15.1 Å². The van der Waals surface area contributed by atoms with Gasteiger partial charge in [-0.05, 0) is 73.6 Å². The molecule has 0 aliphatic rings. The Bertz CT molecular complexity index is 1290. The van der Waals surface area contributed by atoms with Crippen LogP contribution in [0, 0.1) is 11.3 Å². The molecule has 0 fully saturated rings. The number of ether oxygens (including phenoxy) is 2. The first-order valence-corrected chi connectivity index (χ1v) is 16.3. The van der Waals surface area contributed by atoms with Gasteiger partial charge in [0.1, 0.15) is 11.4 Å². The Hall–Kier alpha value is -3.40. The fourth-order valence-electron chi connectivity index (χ4n) is 5.30. The maximum absolute atomic E-state index is 12.7. The van der Waals surface area contributed by atoms with E-state index in [1.165, 1.54) is 10.4 Å². The van der Waals surface area contributed by atoms with Crippen LogP contribution >= 0.6 is 0 Å². The lowest BCUT2D eigenvalue weighted by atomic mass is 9.98. The van der Waals surface area contributed by atoms with E-state index in [4.69, 9.17) is 13.9 Å². The highest BCUT2D eigenvalue weighted by atomic mass is 28.4. The van der Waals surface area contributed by atoms with E-state index in [0.29, 0.717) is 18.8 Å². The molecule has 0 saturated carbocycles. The number of rotatable bonds is 11. The lowest BCUT2D eigenvalue weighted by molar-refractivity contribution is -0.154. The molecule has 0 atom stereocenters. The number of hydrogen-bond acceptors (Lipinski definition) is 5. The number of carbonyl (C=O) groups excluding carboxylic acids is 1. The summed E-state index contributed by atoms with van der Waals surface area (Å²) in [6.07, 6.45) is 0.851. The molecule has 0 radical (unpaired) electrons. The van der Waals surface area contributed by atoms with Crippen LogP contribution in [-0.4, -0.2) is 26.0 Å². The number of hydrogen-bond donors (Lipinski definition) is 0. The maximum atomic E-state index is 12.7. The molecular weight excluding hydrogens is 526 g/mol. The van der Waals surface area contributed by atoms with Gasteiger partial charge in [-0.25, -0.2) is 0 Å². The minimum atomic E-state index is -2.81. The van der Waals surface area contributed by atoms with Crippen molar-refractivity contribution in [2.24, 2.45) is 0 Å². The zero-order valence-corrected chi connectivity index (χ0v) is 26.9. The molecule has 0 aromatic heterocycles. The fourth-order valence-corrected chi connectivity index (χ4v) is 9.83. The van der Waals surface area contributed by atoms with E-state index in [2.05, 4.69) is 75.4 Å². The molecule has 6 heteroatoms. The Kier molecular flexibility index (Phi) is 10.6. The van der Waals surface area contributed by atoms with Crippen molar-refractivity contribution in [2.75, 3.05) is 0 Å². The van der Waals surface area contributed by atoms with Crippen molar-refractivity contribution < 1.29 is 18.7 Å². The van der Waals surface area contributed by atoms with Crippen molar-refractivity contribution in [1.29, 1.82) is 5.26 Å². The summed E-state index contributed by atoms with van der Waals surface area (Å²) in [5, 5.41) is 11.7. The van der Waals surface area contributed by atoms with Crippen LogP contribution in [-0.2, 0) is 33.4 Å². The Morgan fingerprint density at radius 2 is 1.46 bits per heavy atom. The monoisotopic (exact) mass is 571 g/mol. The van der Waals surface area contributed by atoms with Crippen LogP contribution in [0.5, 0.6) is 5.75 Å². The van der Waals surface area contributed by atoms with Crippen LogP contribution in [0.4, 0.5) is 0 Å². The van der Waals surface area contributed by atoms with E-state index in [1.807, 2.05) is 58.9 Å². The van der Waals surface area contributed by atoms with Crippen LogP contribution in [0.25, 0.3) is 0 Å². The largest absolute Gasteiger partial charge is 0.491 e. The van der Waals surface area contributed by atoms with Gasteiger partial charge < -0.3 is 13.9 Å². The van der Waals surface area contributed by atoms with Gasteiger partial charge in [-0.15, -0.1) is 0 Å².